The van der Waals surface area contributed by atoms with E-state index in [1.54, 1.807) is 6.07 Å². The van der Waals surface area contributed by atoms with Crippen LogP contribution in [0.1, 0.15) is 38.9 Å². The second-order valence-electron chi connectivity index (χ2n) is 14.3. The number of benzene rings is 6. The quantitative estimate of drug-likeness (QED) is 0.163. The predicted molar refractivity (Wildman–Crippen MR) is 195 cm³/mol. The summed E-state index contributed by atoms with van der Waals surface area (Å²) in [7, 11) is 0. The zero-order chi connectivity index (χ0) is 46.9. The Hall–Kier alpha value is -6.85. The Morgan fingerprint density at radius 3 is 0.859 bits per heavy atom. The number of nitrogens with zero attached hydrogens (tertiary/aromatic N) is 3. The van der Waals surface area contributed by atoms with Crippen LogP contribution in [0.15, 0.2) is 103 Å². The van der Waals surface area contributed by atoms with Gasteiger partial charge in [0.05, 0.1) is 78.5 Å². The van der Waals surface area contributed by atoms with Crippen molar-refractivity contribution >= 4 is 43.6 Å². The van der Waals surface area contributed by atoms with Gasteiger partial charge in [0.15, 0.2) is 0 Å². The van der Waals surface area contributed by atoms with E-state index in [9.17, 15) is 57.9 Å². The molecule has 8 aromatic rings. The lowest BCUT2D eigenvalue weighted by Crippen LogP contribution is -2.16. The van der Waals surface area contributed by atoms with Gasteiger partial charge in [0.25, 0.3) is 0 Å². The Kier molecular flexibility index (Phi) is 9.63. The molecule has 0 atom stereocenters. The van der Waals surface area contributed by atoms with Crippen LogP contribution in [-0.2, 0) is 37.1 Å². The average Bonchev–Trinajstić information content (AvgIpc) is 3.69. The molecule has 0 N–H and O–H groups in total. The summed E-state index contributed by atoms with van der Waals surface area (Å²) in [6, 6.07) is 9.40. The lowest BCUT2D eigenvalue weighted by Gasteiger charge is -2.26. The van der Waals surface area contributed by atoms with Crippen LogP contribution in [0.25, 0.3) is 66.1 Å². The number of fused-ring (bicyclic) bond motifs is 6. The van der Waals surface area contributed by atoms with E-state index in [1.165, 1.54) is 0 Å². The van der Waals surface area contributed by atoms with Crippen molar-refractivity contribution in [2.24, 2.45) is 0 Å². The summed E-state index contributed by atoms with van der Waals surface area (Å²) in [5.74, 6) is 0. The summed E-state index contributed by atoms with van der Waals surface area (Å²) in [5, 5.41) is 8.93. The maximum atomic E-state index is 15.2. The van der Waals surface area contributed by atoms with E-state index >= 15 is 26.3 Å². The summed E-state index contributed by atoms with van der Waals surface area (Å²) >= 11 is 0. The fourth-order valence-electron chi connectivity index (χ4n) is 7.84. The predicted octanol–water partition coefficient (Wildman–Crippen LogP) is 15.5. The molecule has 2 heterocycles. The van der Waals surface area contributed by atoms with Crippen LogP contribution < -0.4 is 0 Å². The summed E-state index contributed by atoms with van der Waals surface area (Å²) < 4.78 is 264. The molecular formula is C43H17F18N3. The monoisotopic (exact) mass is 917 g/mol. The Bertz CT molecular complexity index is 2910. The van der Waals surface area contributed by atoms with Gasteiger partial charge in [-0.25, -0.2) is 0 Å². The molecule has 0 aliphatic carbocycles. The molecule has 3 nitrogen and oxygen atoms in total. The van der Waals surface area contributed by atoms with Crippen molar-refractivity contribution in [3.8, 4) is 28.6 Å². The lowest BCUT2D eigenvalue weighted by molar-refractivity contribution is -0.142. The fourth-order valence-corrected chi connectivity index (χ4v) is 7.84. The van der Waals surface area contributed by atoms with Gasteiger partial charge in [-0.15, -0.1) is 0 Å². The van der Waals surface area contributed by atoms with Crippen LogP contribution in [0, 0.1) is 11.3 Å². The molecule has 0 aliphatic rings. The standard InChI is InChI=1S/C43H17F18N3/c44-38(45,46)20-4-8-24-25-9-5-21(39(47,48)49)15-31(25)63(30(24)14-20)34-12-19(18-62)13-35(37(34)36-28(42(56,57)58)2-1-3-29(36)43(59,60)61)64-32-16-22(40(50,51)52)6-10-26(32)27-11-7-23(17-33(27)64)41(53,54)55/h1-17H. The van der Waals surface area contributed by atoms with Crippen molar-refractivity contribution in [3.63, 3.8) is 0 Å². The van der Waals surface area contributed by atoms with Crippen molar-refractivity contribution < 1.29 is 79.0 Å². The normalized spacial score (nSPS) is 13.5. The minimum absolute atomic E-state index is 0.126. The third-order valence-electron chi connectivity index (χ3n) is 10.5. The van der Waals surface area contributed by atoms with Gasteiger partial charge >= 0.3 is 37.1 Å². The molecule has 0 amide bonds. The maximum Gasteiger partial charge on any atom is 0.417 e. The summed E-state index contributed by atoms with van der Waals surface area (Å²) in [4.78, 5) is 0. The minimum atomic E-state index is -5.81. The molecule has 0 saturated heterocycles. The largest absolute Gasteiger partial charge is 0.417 e. The summed E-state index contributed by atoms with van der Waals surface area (Å²) in [6.07, 6.45) is -32.6. The van der Waals surface area contributed by atoms with Crippen LogP contribution in [-0.4, -0.2) is 9.13 Å². The zero-order valence-electron chi connectivity index (χ0n) is 31.0. The number of hydrogen-bond donors (Lipinski definition) is 0. The molecular weight excluding hydrogens is 900 g/mol. The molecule has 0 bridgehead atoms. The second-order valence-corrected chi connectivity index (χ2v) is 14.3. The molecule has 64 heavy (non-hydrogen) atoms. The highest BCUT2D eigenvalue weighted by Crippen LogP contribution is 2.52. The molecule has 0 aliphatic heterocycles. The molecule has 0 saturated carbocycles. The number of halogens is 18. The molecule has 0 spiro atoms. The van der Waals surface area contributed by atoms with E-state index < -0.39 is 121 Å². The van der Waals surface area contributed by atoms with Gasteiger partial charge in [-0.2, -0.15) is 84.3 Å². The highest BCUT2D eigenvalue weighted by molar-refractivity contribution is 6.12. The third kappa shape index (κ3) is 7.27. The molecule has 0 radical (unpaired) electrons. The van der Waals surface area contributed by atoms with Gasteiger partial charge in [-0.3, -0.25) is 0 Å². The Morgan fingerprint density at radius 1 is 0.344 bits per heavy atom. The summed E-state index contributed by atoms with van der Waals surface area (Å²) in [5.41, 5.74) is -20.1. The first-order valence-corrected chi connectivity index (χ1v) is 17.8. The van der Waals surface area contributed by atoms with E-state index in [-0.39, 0.29) is 33.7 Å². The van der Waals surface area contributed by atoms with Crippen molar-refractivity contribution in [2.75, 3.05) is 0 Å². The number of hydrogen-bond acceptors (Lipinski definition) is 1. The van der Waals surface area contributed by atoms with Gasteiger partial charge in [-0.05, 0) is 72.8 Å². The van der Waals surface area contributed by atoms with Crippen molar-refractivity contribution in [3.05, 3.63) is 142 Å². The molecule has 330 valence electrons. The molecule has 6 aromatic carbocycles. The molecule has 21 heteroatoms. The van der Waals surface area contributed by atoms with Crippen LogP contribution in [0.5, 0.6) is 0 Å². The van der Waals surface area contributed by atoms with Gasteiger partial charge in [0.2, 0.25) is 0 Å². The van der Waals surface area contributed by atoms with E-state index in [2.05, 4.69) is 0 Å². The van der Waals surface area contributed by atoms with Crippen LogP contribution in [0.2, 0.25) is 0 Å². The SMILES string of the molecule is N#Cc1cc(-n2c3cc(C(F)(F)F)ccc3c3ccc(C(F)(F)F)cc32)c(-c2c(C(F)(F)F)cccc2C(F)(F)F)c(-n2c3cc(C(F)(F)F)ccc3c3ccc(C(F)(F)F)cc32)c1. The summed E-state index contributed by atoms with van der Waals surface area (Å²) in [6.45, 7) is 0. The Labute approximate surface area is 344 Å². The highest BCUT2D eigenvalue weighted by Gasteiger charge is 2.44. The maximum absolute atomic E-state index is 15.2. The number of aromatic nitrogens is 2. The number of alkyl halides is 18. The van der Waals surface area contributed by atoms with Gasteiger partial charge in [-0.1, -0.05) is 30.3 Å². The minimum Gasteiger partial charge on any atom is -0.308 e. The topological polar surface area (TPSA) is 33.6 Å². The van der Waals surface area contributed by atoms with Crippen molar-refractivity contribution in [1.82, 2.24) is 9.13 Å². The van der Waals surface area contributed by atoms with Crippen LogP contribution >= 0.6 is 0 Å². The second kappa shape index (κ2) is 14.1. The smallest absolute Gasteiger partial charge is 0.308 e. The number of rotatable bonds is 3. The van der Waals surface area contributed by atoms with Crippen LogP contribution in [0.3, 0.4) is 0 Å². The Balaban J connectivity index is 1.73. The Morgan fingerprint density at radius 2 is 0.625 bits per heavy atom. The van der Waals surface area contributed by atoms with Crippen LogP contribution in [0.4, 0.5) is 79.0 Å². The third-order valence-corrected chi connectivity index (χ3v) is 10.5. The average molecular weight is 918 g/mol. The highest BCUT2D eigenvalue weighted by atomic mass is 19.4. The molecule has 0 fully saturated rings. The van der Waals surface area contributed by atoms with E-state index in [1.807, 2.05) is 0 Å². The van der Waals surface area contributed by atoms with E-state index in [0.717, 1.165) is 24.3 Å². The van der Waals surface area contributed by atoms with E-state index in [4.69, 9.17) is 0 Å². The first-order valence-electron chi connectivity index (χ1n) is 17.8. The van der Waals surface area contributed by atoms with Gasteiger partial charge in [0.1, 0.15) is 0 Å². The fraction of sp³-hybridized carbons (Fsp3) is 0.140. The number of nitriles is 1. The molecule has 0 unspecified atom stereocenters. The van der Waals surface area contributed by atoms with Crippen molar-refractivity contribution in [2.45, 2.75) is 37.1 Å². The van der Waals surface area contributed by atoms with Gasteiger partial charge < -0.3 is 9.13 Å². The zero-order valence-corrected chi connectivity index (χ0v) is 31.0. The first-order chi connectivity index (χ1) is 29.5. The molecule has 8 rings (SSSR count). The molecule has 2 aromatic heterocycles. The van der Waals surface area contributed by atoms with Gasteiger partial charge in [0, 0.05) is 32.7 Å². The lowest BCUT2D eigenvalue weighted by atomic mass is 9.89. The van der Waals surface area contributed by atoms with E-state index in [0.29, 0.717) is 75.9 Å². The van der Waals surface area contributed by atoms with Crippen molar-refractivity contribution in [1.29, 1.82) is 5.26 Å². The first kappa shape index (κ1) is 43.8.